The second-order valence-electron chi connectivity index (χ2n) is 20.7. The van der Waals surface area contributed by atoms with E-state index in [-0.39, 0.29) is 57.6 Å². The van der Waals surface area contributed by atoms with Crippen LogP contribution >= 0.6 is 35.3 Å². The summed E-state index contributed by atoms with van der Waals surface area (Å²) in [5, 5.41) is 41.2. The van der Waals surface area contributed by atoms with Crippen molar-refractivity contribution in [2.24, 2.45) is 0 Å². The van der Waals surface area contributed by atoms with Crippen molar-refractivity contribution in [3.63, 3.8) is 0 Å². The zero-order valence-corrected chi connectivity index (χ0v) is 52.5. The van der Waals surface area contributed by atoms with Gasteiger partial charge in [-0.25, -0.2) is 9.59 Å². The fraction of sp³-hybridized carbons (Fsp3) is 0.338. The number of hydrogen-bond donors (Lipinski definition) is 6. The first-order chi connectivity index (χ1) is 42.2. The lowest BCUT2D eigenvalue weighted by Crippen LogP contribution is -2.32. The molecule has 9 rings (SSSR count). The van der Waals surface area contributed by atoms with Gasteiger partial charge in [0, 0.05) is 35.5 Å². The third-order valence-electron chi connectivity index (χ3n) is 14.5. The topological polar surface area (TPSA) is 218 Å². The van der Waals surface area contributed by atoms with Crippen molar-refractivity contribution < 1.29 is 58.6 Å². The van der Waals surface area contributed by atoms with Crippen LogP contribution in [0.4, 0.5) is 9.59 Å². The van der Waals surface area contributed by atoms with Crippen LogP contribution in [0.15, 0.2) is 170 Å². The zero-order chi connectivity index (χ0) is 62.5. The lowest BCUT2D eigenvalue weighted by atomic mass is 9.98. The minimum atomic E-state index is -1.10. The zero-order valence-electron chi connectivity index (χ0n) is 50.0. The summed E-state index contributed by atoms with van der Waals surface area (Å²) in [5.74, 6) is -0.342. The Morgan fingerprint density at radius 2 is 0.795 bits per heavy atom. The molecule has 3 unspecified atom stereocenters. The molecule has 7 aromatic rings. The highest BCUT2D eigenvalue weighted by atomic mass is 32.2. The highest BCUT2D eigenvalue weighted by molar-refractivity contribution is 7.99. The molecule has 2 aliphatic rings. The molecule has 0 saturated carbocycles. The summed E-state index contributed by atoms with van der Waals surface area (Å²) in [6.07, 6.45) is 8.55. The van der Waals surface area contributed by atoms with Gasteiger partial charge in [0.2, 0.25) is 0 Å². The molecule has 0 bridgehead atoms. The molecule has 14 nitrogen and oxygen atoms in total. The van der Waals surface area contributed by atoms with Crippen LogP contribution in [0.25, 0.3) is 22.3 Å². The van der Waals surface area contributed by atoms with E-state index < -0.39 is 42.7 Å². The number of aliphatic carboxylic acids is 2. The summed E-state index contributed by atoms with van der Waals surface area (Å²) < 4.78 is 16.3. The van der Waals surface area contributed by atoms with E-state index in [0.717, 1.165) is 80.6 Å². The molecule has 0 heterocycles. The monoisotopic (exact) mass is 1250 g/mol. The fourth-order valence-corrected chi connectivity index (χ4v) is 11.8. The van der Waals surface area contributed by atoms with E-state index in [2.05, 4.69) is 85.1 Å². The maximum Gasteiger partial charge on any atom is 0.407 e. The van der Waals surface area contributed by atoms with Crippen LogP contribution in [0.2, 0.25) is 0 Å². The maximum atomic E-state index is 12.5. The quantitative estimate of drug-likeness (QED) is 0.0232. The molecule has 0 spiro atoms. The Kier molecular flexibility index (Phi) is 30.8. The van der Waals surface area contributed by atoms with E-state index in [1.54, 1.807) is 35.3 Å². The van der Waals surface area contributed by atoms with Gasteiger partial charge in [0.05, 0.1) is 12.2 Å². The van der Waals surface area contributed by atoms with Gasteiger partial charge < -0.3 is 45.3 Å². The van der Waals surface area contributed by atoms with E-state index in [4.69, 9.17) is 24.4 Å². The maximum absolute atomic E-state index is 12.5. The fourth-order valence-electron chi connectivity index (χ4n) is 10.2. The van der Waals surface area contributed by atoms with Crippen molar-refractivity contribution in [2.45, 2.75) is 89.9 Å². The van der Waals surface area contributed by atoms with Crippen molar-refractivity contribution in [1.82, 2.24) is 10.6 Å². The molecule has 0 aromatic heterocycles. The predicted molar refractivity (Wildman–Crippen MR) is 358 cm³/mol. The number of benzene rings is 7. The Morgan fingerprint density at radius 3 is 1.14 bits per heavy atom. The van der Waals surface area contributed by atoms with Crippen LogP contribution in [-0.2, 0) is 47.9 Å². The average molecular weight is 1250 g/mol. The first kappa shape index (κ1) is 71.2. The predicted octanol–water partition coefficient (Wildman–Crippen LogP) is 14.5. The molecule has 88 heavy (non-hydrogen) atoms. The summed E-state index contributed by atoms with van der Waals surface area (Å²) in [7, 11) is 0. The number of nitrogens with one attached hydrogen (secondary N) is 2. The SMILES string of the molecule is C.CCCc1ccc(C(CSC)OC(=O)CNC(=O)OCC2c3ccccc3-c3ccccc32)cc1.CCCc1ccc(C(O)CSC)cc1.CSCC(O)c1ccc(CCC(=O)O)cc1.O=C(O)CNC(=O)OCC1c2ccccc2-c2ccccc21. The lowest BCUT2D eigenvalue weighted by molar-refractivity contribution is -0.147. The van der Waals surface area contributed by atoms with Crippen molar-refractivity contribution in [2.75, 3.05) is 62.3 Å². The minimum absolute atomic E-state index is 0. The van der Waals surface area contributed by atoms with Gasteiger partial charge in [-0.15, -0.1) is 0 Å². The van der Waals surface area contributed by atoms with Crippen molar-refractivity contribution in [1.29, 1.82) is 0 Å². The molecular formula is C71H84N2O12S3. The number of aliphatic hydroxyl groups is 2. The number of aliphatic hydroxyl groups excluding tert-OH is 2. The molecule has 0 aliphatic heterocycles. The third-order valence-corrected chi connectivity index (χ3v) is 16.4. The normalized spacial score (nSPS) is 12.5. The van der Waals surface area contributed by atoms with Crippen LogP contribution in [0.5, 0.6) is 0 Å². The molecule has 468 valence electrons. The van der Waals surface area contributed by atoms with E-state index in [1.807, 2.05) is 128 Å². The second-order valence-corrected chi connectivity index (χ2v) is 23.5. The first-order valence-electron chi connectivity index (χ1n) is 29.1. The van der Waals surface area contributed by atoms with E-state index in [9.17, 15) is 34.2 Å². The Labute approximate surface area is 531 Å². The van der Waals surface area contributed by atoms with Crippen LogP contribution < -0.4 is 10.6 Å². The molecule has 2 aliphatic carbocycles. The van der Waals surface area contributed by atoms with Crippen LogP contribution in [0.3, 0.4) is 0 Å². The van der Waals surface area contributed by atoms with Crippen molar-refractivity contribution >= 4 is 65.4 Å². The highest BCUT2D eigenvalue weighted by Gasteiger charge is 2.31. The first-order valence-corrected chi connectivity index (χ1v) is 33.3. The molecule has 2 amide bonds. The summed E-state index contributed by atoms with van der Waals surface area (Å²) >= 11 is 4.87. The third kappa shape index (κ3) is 21.9. The van der Waals surface area contributed by atoms with Gasteiger partial charge in [0.15, 0.2) is 0 Å². The molecular weight excluding hydrogens is 1170 g/mol. The van der Waals surface area contributed by atoms with Gasteiger partial charge in [-0.2, -0.15) is 35.3 Å². The van der Waals surface area contributed by atoms with Crippen LogP contribution in [0.1, 0.15) is 126 Å². The Balaban J connectivity index is 0.000000229. The molecule has 3 atom stereocenters. The van der Waals surface area contributed by atoms with E-state index >= 15 is 0 Å². The standard InChI is InChI=1S/C29H31NO4S.C17H15NO4.C12H16O3S.C12H18OS.CH4/c1-3-8-20-13-15-21(16-14-20)27(19-35-2)34-28(31)17-30-29(32)33-18-26-24-11-6-4-9-22(24)23-10-5-7-12-25(23)26;19-16(20)9-18-17(21)22-10-15-13-7-3-1-5-11(13)12-6-2-4-8-14(12)15;1-16-8-11(13)10-5-2-9(3-6-10)4-7-12(14)15;1-3-4-10-5-7-11(8-6-10)12(13)9-14-2;/h4-7,9-16,26-27H,3,8,17-19H2,1-2H3,(H,30,32);1-8,15H,9-10H2,(H,18,21)(H,19,20);2-3,5-6,11,13H,4,7-8H2,1H3,(H,14,15);5-8,12-13H,3-4,9H2,1-2H3;1H4. The Morgan fingerprint density at radius 1 is 0.455 bits per heavy atom. The average Bonchev–Trinajstić information content (AvgIpc) is 2.46. The lowest BCUT2D eigenvalue weighted by Gasteiger charge is -2.18. The number of carbonyl (C=O) groups is 5. The molecule has 0 radical (unpaired) electrons. The number of esters is 1. The highest BCUT2D eigenvalue weighted by Crippen LogP contribution is 2.46. The summed E-state index contributed by atoms with van der Waals surface area (Å²) in [5.41, 5.74) is 15.6. The number of rotatable bonds is 25. The number of carbonyl (C=O) groups excluding carboxylic acids is 3. The van der Waals surface area contributed by atoms with Gasteiger partial charge >= 0.3 is 30.1 Å². The number of hydrogen-bond acceptors (Lipinski definition) is 13. The van der Waals surface area contributed by atoms with Crippen LogP contribution in [0, 0.1) is 0 Å². The molecule has 7 aromatic carbocycles. The Bertz CT molecular complexity index is 3200. The van der Waals surface area contributed by atoms with E-state index in [1.165, 1.54) is 28.7 Å². The molecule has 6 N–H and O–H groups in total. The summed E-state index contributed by atoms with van der Waals surface area (Å²) in [4.78, 5) is 57.2. The number of carboxylic acids is 2. The number of carboxylic acid groups (broad SMARTS) is 2. The van der Waals surface area contributed by atoms with E-state index in [0.29, 0.717) is 17.9 Å². The number of fused-ring (bicyclic) bond motifs is 6. The van der Waals surface area contributed by atoms with Crippen molar-refractivity contribution in [3.05, 3.63) is 225 Å². The second kappa shape index (κ2) is 38.0. The summed E-state index contributed by atoms with van der Waals surface area (Å²) in [6.45, 7) is 4.02. The molecule has 17 heteroatoms. The number of aryl methyl sites for hydroxylation is 3. The van der Waals surface area contributed by atoms with Gasteiger partial charge in [-0.1, -0.05) is 204 Å². The van der Waals surface area contributed by atoms with Gasteiger partial charge in [0.1, 0.15) is 32.4 Å². The van der Waals surface area contributed by atoms with Gasteiger partial charge in [-0.3, -0.25) is 14.4 Å². The largest absolute Gasteiger partial charge is 0.481 e. The summed E-state index contributed by atoms with van der Waals surface area (Å²) in [6, 6.07) is 56.3. The van der Waals surface area contributed by atoms with Gasteiger partial charge in [0.25, 0.3) is 0 Å². The molecule has 0 fully saturated rings. The van der Waals surface area contributed by atoms with Gasteiger partial charge in [-0.05, 0) is 116 Å². The number of amides is 2. The minimum Gasteiger partial charge on any atom is -0.481 e. The number of alkyl carbamates (subject to hydrolysis) is 2. The van der Waals surface area contributed by atoms with Crippen LogP contribution in [-0.4, -0.2) is 113 Å². The number of ether oxygens (including phenoxy) is 3. The van der Waals surface area contributed by atoms with Crippen molar-refractivity contribution in [3.8, 4) is 22.3 Å². The molecule has 0 saturated heterocycles. The smallest absolute Gasteiger partial charge is 0.407 e. The number of thioether (sulfide) groups is 3. The Hall–Kier alpha value is -7.54.